The smallest absolute Gasteiger partial charge is 0.370 e. The number of nitrogens with one attached hydrogen (secondary N) is 1. The Kier molecular flexibility index (Phi) is 7.18. The van der Waals surface area contributed by atoms with E-state index >= 15 is 0 Å². The average molecular weight is 304 g/mol. The number of hydrogen-bond donors (Lipinski definition) is 2. The molecule has 0 radical (unpaired) electrons. The van der Waals surface area contributed by atoms with Crippen LogP contribution in [-0.2, 0) is 9.53 Å². The molecule has 3 N–H and O–H groups in total. The predicted octanol–water partition coefficient (Wildman–Crippen LogP) is 2.16. The average Bonchev–Trinajstić information content (AvgIpc) is 2.44. The molecule has 0 saturated heterocycles. The Hall–Kier alpha value is -1.60. The predicted molar refractivity (Wildman–Crippen MR) is 72.5 cm³/mol. The first kappa shape index (κ1) is 17.5. The van der Waals surface area contributed by atoms with Crippen molar-refractivity contribution < 1.29 is 22.7 Å². The second-order valence-electron chi connectivity index (χ2n) is 4.57. The third-order valence-electron chi connectivity index (χ3n) is 2.74. The van der Waals surface area contributed by atoms with Gasteiger partial charge in [-0.3, -0.25) is 4.79 Å². The molecule has 21 heavy (non-hydrogen) atoms. The van der Waals surface area contributed by atoms with Gasteiger partial charge in [-0.05, 0) is 12.0 Å². The molecule has 7 heteroatoms. The highest BCUT2D eigenvalue weighted by Crippen LogP contribution is 2.15. The van der Waals surface area contributed by atoms with Gasteiger partial charge >= 0.3 is 6.18 Å². The van der Waals surface area contributed by atoms with E-state index in [1.54, 1.807) is 0 Å². The maximum atomic E-state index is 11.8. The lowest BCUT2D eigenvalue weighted by Gasteiger charge is -2.12. The van der Waals surface area contributed by atoms with E-state index < -0.39 is 12.8 Å². The summed E-state index contributed by atoms with van der Waals surface area (Å²) in [6.45, 7) is -1.42. The molecule has 1 amide bonds. The summed E-state index contributed by atoms with van der Waals surface area (Å²) in [5.74, 6) is -0.253. The molecular weight excluding hydrogens is 285 g/mol. The summed E-state index contributed by atoms with van der Waals surface area (Å²) >= 11 is 0. The summed E-state index contributed by atoms with van der Waals surface area (Å²) in [6, 6.07) is 9.14. The Bertz CT molecular complexity index is 424. The van der Waals surface area contributed by atoms with E-state index in [9.17, 15) is 18.0 Å². The molecule has 0 aliphatic rings. The first-order valence-corrected chi connectivity index (χ1v) is 6.60. The largest absolute Gasteiger partial charge is 0.411 e. The van der Waals surface area contributed by atoms with E-state index in [-0.39, 0.29) is 31.5 Å². The number of halogens is 3. The number of ether oxygens (including phenoxy) is 1. The molecule has 0 spiro atoms. The van der Waals surface area contributed by atoms with Crippen LogP contribution in [-0.4, -0.2) is 31.8 Å². The standard InChI is InChI=1S/C14H19F3N2O2/c15-14(16,17)10-21-9-8-19-13(20)7-6-12(18)11-4-2-1-3-5-11/h1-5,12H,6-10,18H2,(H,19,20). The van der Waals surface area contributed by atoms with Crippen LogP contribution in [0.15, 0.2) is 30.3 Å². The van der Waals surface area contributed by atoms with Gasteiger partial charge in [-0.15, -0.1) is 0 Å². The van der Waals surface area contributed by atoms with Crippen molar-refractivity contribution in [3.8, 4) is 0 Å². The zero-order valence-corrected chi connectivity index (χ0v) is 11.5. The van der Waals surface area contributed by atoms with E-state index in [4.69, 9.17) is 5.73 Å². The Morgan fingerprint density at radius 2 is 1.95 bits per heavy atom. The molecule has 0 aromatic heterocycles. The summed E-state index contributed by atoms with van der Waals surface area (Å²) in [5.41, 5.74) is 6.88. The van der Waals surface area contributed by atoms with Gasteiger partial charge < -0.3 is 15.8 Å². The minimum absolute atomic E-state index is 0.0511. The summed E-state index contributed by atoms with van der Waals surface area (Å²) in [5, 5.41) is 2.49. The summed E-state index contributed by atoms with van der Waals surface area (Å²) in [7, 11) is 0. The number of alkyl halides is 3. The summed E-state index contributed by atoms with van der Waals surface area (Å²) < 4.78 is 39.7. The molecule has 4 nitrogen and oxygen atoms in total. The molecule has 0 fully saturated rings. The van der Waals surface area contributed by atoms with Gasteiger partial charge in [-0.1, -0.05) is 30.3 Å². The molecule has 0 bridgehead atoms. The van der Waals surface area contributed by atoms with Crippen molar-refractivity contribution in [1.29, 1.82) is 0 Å². The fraction of sp³-hybridized carbons (Fsp3) is 0.500. The number of benzene rings is 1. The number of amides is 1. The third kappa shape index (κ3) is 8.31. The molecule has 0 aliphatic carbocycles. The van der Waals surface area contributed by atoms with Crippen LogP contribution in [0.4, 0.5) is 13.2 Å². The van der Waals surface area contributed by atoms with Crippen molar-refractivity contribution in [1.82, 2.24) is 5.32 Å². The van der Waals surface area contributed by atoms with Crippen molar-refractivity contribution in [3.63, 3.8) is 0 Å². The van der Waals surface area contributed by atoms with Gasteiger partial charge in [0.25, 0.3) is 0 Å². The Balaban J connectivity index is 2.11. The second-order valence-corrected chi connectivity index (χ2v) is 4.57. The minimum atomic E-state index is -4.34. The van der Waals surface area contributed by atoms with Crippen molar-refractivity contribution >= 4 is 5.91 Å². The van der Waals surface area contributed by atoms with Crippen molar-refractivity contribution in [2.24, 2.45) is 5.73 Å². The van der Waals surface area contributed by atoms with Crippen molar-refractivity contribution in [2.45, 2.75) is 25.1 Å². The maximum absolute atomic E-state index is 11.8. The van der Waals surface area contributed by atoms with Crippen molar-refractivity contribution in [2.75, 3.05) is 19.8 Å². The Morgan fingerprint density at radius 3 is 2.57 bits per heavy atom. The van der Waals surface area contributed by atoms with Gasteiger partial charge in [-0.25, -0.2) is 0 Å². The van der Waals surface area contributed by atoms with Gasteiger partial charge in [0.1, 0.15) is 6.61 Å². The molecule has 0 aliphatic heterocycles. The first-order chi connectivity index (χ1) is 9.88. The lowest BCUT2D eigenvalue weighted by Crippen LogP contribution is -2.29. The molecule has 0 heterocycles. The Morgan fingerprint density at radius 1 is 1.29 bits per heavy atom. The fourth-order valence-corrected chi connectivity index (χ4v) is 1.69. The number of hydrogen-bond acceptors (Lipinski definition) is 3. The Labute approximate surface area is 121 Å². The molecule has 1 atom stereocenters. The van der Waals surface area contributed by atoms with Crippen LogP contribution in [0.2, 0.25) is 0 Å². The van der Waals surface area contributed by atoms with Crippen LogP contribution in [0, 0.1) is 0 Å². The van der Waals surface area contributed by atoms with Gasteiger partial charge in [0.2, 0.25) is 5.91 Å². The maximum Gasteiger partial charge on any atom is 0.411 e. The van der Waals surface area contributed by atoms with Gasteiger partial charge in [0, 0.05) is 19.0 Å². The zero-order valence-electron chi connectivity index (χ0n) is 11.5. The van der Waals surface area contributed by atoms with E-state index in [2.05, 4.69) is 10.1 Å². The normalized spacial score (nSPS) is 13.0. The number of rotatable bonds is 8. The van der Waals surface area contributed by atoms with Gasteiger partial charge in [0.15, 0.2) is 0 Å². The quantitative estimate of drug-likeness (QED) is 0.723. The SMILES string of the molecule is NC(CCC(=O)NCCOCC(F)(F)F)c1ccccc1. The molecule has 1 aromatic carbocycles. The van der Waals surface area contributed by atoms with Crippen LogP contribution in [0.25, 0.3) is 0 Å². The molecule has 1 rings (SSSR count). The second kappa shape index (κ2) is 8.63. The van der Waals surface area contributed by atoms with E-state index in [0.717, 1.165) is 5.56 Å². The summed E-state index contributed by atoms with van der Waals surface area (Å²) in [4.78, 5) is 11.5. The number of carbonyl (C=O) groups is 1. The first-order valence-electron chi connectivity index (χ1n) is 6.60. The number of carbonyl (C=O) groups excluding carboxylic acids is 1. The monoisotopic (exact) mass is 304 g/mol. The zero-order chi connectivity index (χ0) is 15.7. The third-order valence-corrected chi connectivity index (χ3v) is 2.74. The molecule has 1 aromatic rings. The van der Waals surface area contributed by atoms with Crippen molar-refractivity contribution in [3.05, 3.63) is 35.9 Å². The van der Waals surface area contributed by atoms with E-state index in [1.807, 2.05) is 30.3 Å². The fourth-order valence-electron chi connectivity index (χ4n) is 1.69. The highest BCUT2D eigenvalue weighted by Gasteiger charge is 2.27. The van der Waals surface area contributed by atoms with Crippen LogP contribution in [0.5, 0.6) is 0 Å². The molecular formula is C14H19F3N2O2. The highest BCUT2D eigenvalue weighted by molar-refractivity contribution is 5.75. The highest BCUT2D eigenvalue weighted by atomic mass is 19.4. The topological polar surface area (TPSA) is 64.4 Å². The molecule has 118 valence electrons. The molecule has 1 unspecified atom stereocenters. The molecule has 0 saturated carbocycles. The lowest BCUT2D eigenvalue weighted by atomic mass is 10.0. The van der Waals surface area contributed by atoms with Crippen LogP contribution < -0.4 is 11.1 Å². The van der Waals surface area contributed by atoms with Crippen LogP contribution in [0.1, 0.15) is 24.4 Å². The summed E-state index contributed by atoms with van der Waals surface area (Å²) in [6.07, 6.45) is -3.65. The van der Waals surface area contributed by atoms with Gasteiger partial charge in [0.05, 0.1) is 6.61 Å². The number of nitrogens with two attached hydrogens (primary N) is 1. The minimum Gasteiger partial charge on any atom is -0.370 e. The van der Waals surface area contributed by atoms with E-state index in [0.29, 0.717) is 6.42 Å². The lowest BCUT2D eigenvalue weighted by molar-refractivity contribution is -0.173. The van der Waals surface area contributed by atoms with Crippen LogP contribution in [0.3, 0.4) is 0 Å². The van der Waals surface area contributed by atoms with E-state index in [1.165, 1.54) is 0 Å². The van der Waals surface area contributed by atoms with Crippen LogP contribution >= 0.6 is 0 Å². The van der Waals surface area contributed by atoms with Gasteiger partial charge in [-0.2, -0.15) is 13.2 Å².